The molecule has 1 saturated heterocycles. The van der Waals surface area contributed by atoms with Gasteiger partial charge in [0.15, 0.2) is 0 Å². The third kappa shape index (κ3) is 3.83. The molecule has 1 N–H and O–H groups in total. The predicted octanol–water partition coefficient (Wildman–Crippen LogP) is 2.10. The minimum atomic E-state index is -3.28. The molecule has 0 radical (unpaired) electrons. The van der Waals surface area contributed by atoms with E-state index in [1.165, 1.54) is 12.8 Å². The van der Waals surface area contributed by atoms with E-state index >= 15 is 0 Å². The molecule has 18 heavy (non-hydrogen) atoms. The van der Waals surface area contributed by atoms with E-state index in [2.05, 4.69) is 4.72 Å². The van der Waals surface area contributed by atoms with Gasteiger partial charge in [0.2, 0.25) is 0 Å². The smallest absolute Gasteiger partial charge is 0.202 e. The second kappa shape index (κ2) is 6.55. The lowest BCUT2D eigenvalue weighted by Crippen LogP contribution is -2.45. The molecule has 106 valence electrons. The van der Waals surface area contributed by atoms with E-state index in [-0.39, 0.29) is 5.38 Å². The van der Waals surface area contributed by atoms with Crippen molar-refractivity contribution in [2.45, 2.75) is 50.3 Å². The van der Waals surface area contributed by atoms with Crippen molar-refractivity contribution in [3.8, 4) is 0 Å². The fourth-order valence-corrected chi connectivity index (χ4v) is 4.52. The summed E-state index contributed by atoms with van der Waals surface area (Å²) in [7, 11) is -3.28. The van der Waals surface area contributed by atoms with Gasteiger partial charge < -0.3 is 0 Å². The average Bonchev–Trinajstić information content (AvgIpc) is 2.39. The molecule has 0 aromatic carbocycles. The Morgan fingerprint density at radius 1 is 1.06 bits per heavy atom. The molecule has 0 spiro atoms. The zero-order chi connectivity index (χ0) is 13.0. The van der Waals surface area contributed by atoms with E-state index < -0.39 is 10.2 Å². The minimum absolute atomic E-state index is 0.128. The molecular formula is C12H23ClN2O2S. The number of rotatable bonds is 4. The Morgan fingerprint density at radius 3 is 2.39 bits per heavy atom. The van der Waals surface area contributed by atoms with Gasteiger partial charge in [-0.2, -0.15) is 12.7 Å². The number of hydrogen-bond acceptors (Lipinski definition) is 2. The lowest BCUT2D eigenvalue weighted by atomic mass is 9.89. The Kier molecular flexibility index (Phi) is 5.30. The number of hydrogen-bond donors (Lipinski definition) is 1. The molecule has 0 aromatic rings. The van der Waals surface area contributed by atoms with Crippen LogP contribution in [-0.2, 0) is 10.2 Å². The molecule has 2 aliphatic rings. The topological polar surface area (TPSA) is 49.4 Å². The van der Waals surface area contributed by atoms with Crippen LogP contribution in [0, 0.1) is 5.92 Å². The van der Waals surface area contributed by atoms with Crippen molar-refractivity contribution in [3.05, 3.63) is 0 Å². The van der Waals surface area contributed by atoms with Gasteiger partial charge in [0.1, 0.15) is 0 Å². The van der Waals surface area contributed by atoms with E-state index in [1.807, 2.05) is 0 Å². The van der Waals surface area contributed by atoms with Crippen LogP contribution in [0.2, 0.25) is 0 Å². The van der Waals surface area contributed by atoms with E-state index in [0.29, 0.717) is 25.6 Å². The van der Waals surface area contributed by atoms with Gasteiger partial charge in [-0.15, -0.1) is 11.6 Å². The quantitative estimate of drug-likeness (QED) is 0.807. The molecule has 1 heterocycles. The maximum Gasteiger partial charge on any atom is 0.279 e. The fourth-order valence-electron chi connectivity index (χ4n) is 2.80. The first-order valence-corrected chi connectivity index (χ1v) is 8.86. The molecule has 6 heteroatoms. The van der Waals surface area contributed by atoms with Gasteiger partial charge in [0.05, 0.1) is 0 Å². The monoisotopic (exact) mass is 294 g/mol. The standard InChI is InChI=1S/C12H23ClN2O2S/c13-12-7-3-2-6-11(12)10-14-18(16,17)15-8-4-1-5-9-15/h11-12,14H,1-10H2. The van der Waals surface area contributed by atoms with Crippen molar-refractivity contribution in [1.82, 2.24) is 9.03 Å². The summed E-state index contributed by atoms with van der Waals surface area (Å²) in [5, 5.41) is 0.128. The largest absolute Gasteiger partial charge is 0.279 e. The molecule has 2 atom stereocenters. The summed E-state index contributed by atoms with van der Waals surface area (Å²) >= 11 is 6.25. The summed E-state index contributed by atoms with van der Waals surface area (Å²) in [6, 6.07) is 0. The number of halogens is 1. The summed E-state index contributed by atoms with van der Waals surface area (Å²) in [6.45, 7) is 1.81. The van der Waals surface area contributed by atoms with E-state index in [1.54, 1.807) is 4.31 Å². The summed E-state index contributed by atoms with van der Waals surface area (Å²) in [4.78, 5) is 0. The number of piperidine rings is 1. The van der Waals surface area contributed by atoms with Crippen molar-refractivity contribution in [1.29, 1.82) is 0 Å². The highest BCUT2D eigenvalue weighted by Crippen LogP contribution is 2.28. The fraction of sp³-hybridized carbons (Fsp3) is 1.00. The van der Waals surface area contributed by atoms with Crippen LogP contribution in [0.3, 0.4) is 0 Å². The van der Waals surface area contributed by atoms with Crippen molar-refractivity contribution >= 4 is 21.8 Å². The number of alkyl halides is 1. The summed E-state index contributed by atoms with van der Waals surface area (Å²) < 4.78 is 28.5. The van der Waals surface area contributed by atoms with E-state index in [4.69, 9.17) is 11.6 Å². The third-order valence-corrected chi connectivity index (χ3v) is 6.15. The third-order valence-electron chi connectivity index (χ3n) is 4.00. The van der Waals surface area contributed by atoms with Crippen LogP contribution < -0.4 is 4.72 Å². The number of nitrogens with zero attached hydrogens (tertiary/aromatic N) is 1. The van der Waals surface area contributed by atoms with Crippen LogP contribution in [0.1, 0.15) is 44.9 Å². The van der Waals surface area contributed by atoms with Crippen LogP contribution in [0.15, 0.2) is 0 Å². The highest BCUT2D eigenvalue weighted by atomic mass is 35.5. The lowest BCUT2D eigenvalue weighted by Gasteiger charge is -2.30. The highest BCUT2D eigenvalue weighted by molar-refractivity contribution is 7.87. The van der Waals surface area contributed by atoms with E-state index in [9.17, 15) is 8.42 Å². The van der Waals surface area contributed by atoms with E-state index in [0.717, 1.165) is 32.1 Å². The van der Waals surface area contributed by atoms with Crippen LogP contribution in [0.5, 0.6) is 0 Å². The molecule has 4 nitrogen and oxygen atoms in total. The Balaban J connectivity index is 1.84. The second-order valence-corrected chi connectivity index (χ2v) is 7.69. The van der Waals surface area contributed by atoms with Crippen LogP contribution in [0.25, 0.3) is 0 Å². The zero-order valence-electron chi connectivity index (χ0n) is 10.8. The first kappa shape index (κ1) is 14.6. The molecule has 1 aliphatic carbocycles. The second-order valence-electron chi connectivity index (χ2n) is 5.37. The molecule has 2 fully saturated rings. The molecular weight excluding hydrogens is 272 g/mol. The van der Waals surface area contributed by atoms with Gasteiger partial charge in [-0.25, -0.2) is 4.72 Å². The Bertz CT molecular complexity index is 355. The van der Waals surface area contributed by atoms with Gasteiger partial charge in [-0.3, -0.25) is 0 Å². The summed E-state index contributed by atoms with van der Waals surface area (Å²) in [5.41, 5.74) is 0. The van der Waals surface area contributed by atoms with Gasteiger partial charge in [0.25, 0.3) is 10.2 Å². The minimum Gasteiger partial charge on any atom is -0.202 e. The number of nitrogens with one attached hydrogen (secondary N) is 1. The molecule has 2 rings (SSSR count). The molecule has 0 amide bonds. The molecule has 1 aliphatic heterocycles. The maximum atomic E-state index is 12.1. The summed E-state index contributed by atoms with van der Waals surface area (Å²) in [5.74, 6) is 0.292. The van der Waals surface area contributed by atoms with Gasteiger partial charge in [-0.1, -0.05) is 19.3 Å². The zero-order valence-corrected chi connectivity index (χ0v) is 12.3. The van der Waals surface area contributed by atoms with Crippen molar-refractivity contribution in [2.75, 3.05) is 19.6 Å². The molecule has 2 unspecified atom stereocenters. The van der Waals surface area contributed by atoms with Crippen molar-refractivity contribution in [2.24, 2.45) is 5.92 Å². The van der Waals surface area contributed by atoms with Crippen LogP contribution in [0.4, 0.5) is 0 Å². The molecule has 0 bridgehead atoms. The van der Waals surface area contributed by atoms with Gasteiger partial charge >= 0.3 is 0 Å². The first-order chi connectivity index (χ1) is 8.59. The Hall–Kier alpha value is 0.160. The Labute approximate surface area is 115 Å². The Morgan fingerprint density at radius 2 is 1.72 bits per heavy atom. The van der Waals surface area contributed by atoms with Gasteiger partial charge in [0, 0.05) is 25.0 Å². The maximum absolute atomic E-state index is 12.1. The first-order valence-electron chi connectivity index (χ1n) is 6.98. The predicted molar refractivity (Wildman–Crippen MR) is 73.9 cm³/mol. The SMILES string of the molecule is O=S(=O)(NCC1CCCCC1Cl)N1CCCCC1. The van der Waals surface area contributed by atoms with Crippen LogP contribution in [-0.4, -0.2) is 37.7 Å². The average molecular weight is 295 g/mol. The van der Waals surface area contributed by atoms with Gasteiger partial charge in [-0.05, 0) is 31.6 Å². The highest BCUT2D eigenvalue weighted by Gasteiger charge is 2.27. The normalized spacial score (nSPS) is 31.4. The van der Waals surface area contributed by atoms with Crippen molar-refractivity contribution < 1.29 is 8.42 Å². The molecule has 1 saturated carbocycles. The summed E-state index contributed by atoms with van der Waals surface area (Å²) in [6.07, 6.45) is 7.47. The van der Waals surface area contributed by atoms with Crippen molar-refractivity contribution in [3.63, 3.8) is 0 Å². The molecule has 0 aromatic heterocycles. The lowest BCUT2D eigenvalue weighted by molar-refractivity contribution is 0.330. The van der Waals surface area contributed by atoms with Crippen LogP contribution >= 0.6 is 11.6 Å².